The molecule has 7 nitrogen and oxygen atoms in total. The topological polar surface area (TPSA) is 72.5 Å². The van der Waals surface area contributed by atoms with Crippen molar-refractivity contribution in [2.75, 3.05) is 6.54 Å². The van der Waals surface area contributed by atoms with E-state index in [1.807, 2.05) is 37.1 Å². The second kappa shape index (κ2) is 7.58. The Hall–Kier alpha value is -2.96. The first kappa shape index (κ1) is 18.4. The van der Waals surface area contributed by atoms with Crippen LogP contribution in [0.4, 0.5) is 0 Å². The molecule has 0 saturated carbocycles. The molecule has 0 aliphatic carbocycles. The average molecular weight is 379 g/mol. The number of pyridine rings is 1. The van der Waals surface area contributed by atoms with Gasteiger partial charge in [0.2, 0.25) is 0 Å². The van der Waals surface area contributed by atoms with E-state index in [0.717, 1.165) is 43.6 Å². The van der Waals surface area contributed by atoms with Crippen LogP contribution in [0.5, 0.6) is 0 Å². The minimum absolute atomic E-state index is 0.126. The molecule has 0 spiro atoms. The number of likely N-dealkylation sites (tertiary alicyclic amines) is 1. The highest BCUT2D eigenvalue weighted by Crippen LogP contribution is 2.22. The first-order chi connectivity index (χ1) is 13.5. The van der Waals surface area contributed by atoms with E-state index >= 15 is 0 Å². The fraction of sp³-hybridized carbons (Fsp3) is 0.429. The fourth-order valence-corrected chi connectivity index (χ4v) is 3.97. The van der Waals surface area contributed by atoms with Gasteiger partial charge in [-0.05, 0) is 57.2 Å². The number of piperidine rings is 1. The van der Waals surface area contributed by atoms with Gasteiger partial charge in [-0.15, -0.1) is 0 Å². The number of aryl methyl sites for hydroxylation is 3. The molecule has 0 bridgehead atoms. The van der Waals surface area contributed by atoms with Gasteiger partial charge in [0.15, 0.2) is 0 Å². The Bertz CT molecular complexity index is 1070. The Labute approximate surface area is 163 Å². The van der Waals surface area contributed by atoms with Crippen LogP contribution < -0.4 is 5.56 Å². The Morgan fingerprint density at radius 2 is 2.07 bits per heavy atom. The molecule has 1 aliphatic rings. The van der Waals surface area contributed by atoms with Gasteiger partial charge in [0.25, 0.3) is 11.5 Å². The van der Waals surface area contributed by atoms with Crippen LogP contribution in [0.2, 0.25) is 0 Å². The molecule has 1 fully saturated rings. The van der Waals surface area contributed by atoms with Gasteiger partial charge in [-0.2, -0.15) is 0 Å². The predicted molar refractivity (Wildman–Crippen MR) is 106 cm³/mol. The lowest BCUT2D eigenvalue weighted by molar-refractivity contribution is 0.0593. The quantitative estimate of drug-likeness (QED) is 0.698. The van der Waals surface area contributed by atoms with E-state index in [0.29, 0.717) is 12.2 Å². The zero-order chi connectivity index (χ0) is 19.7. The summed E-state index contributed by atoms with van der Waals surface area (Å²) >= 11 is 0. The molecule has 1 aliphatic heterocycles. The summed E-state index contributed by atoms with van der Waals surface area (Å²) in [6.07, 6.45) is 10.8. The number of rotatable bonds is 4. The van der Waals surface area contributed by atoms with Gasteiger partial charge in [-0.1, -0.05) is 0 Å². The molecule has 146 valence electrons. The normalized spacial score (nSPS) is 17.2. The SMILES string of the molecule is Cc1ccn2c(=O)c(C(=O)N3CCCCC3CCn3ccnc3C)cnc2c1. The third kappa shape index (κ3) is 3.44. The first-order valence-electron chi connectivity index (χ1n) is 9.81. The van der Waals surface area contributed by atoms with Crippen molar-refractivity contribution >= 4 is 11.6 Å². The van der Waals surface area contributed by atoms with Crippen molar-refractivity contribution in [1.29, 1.82) is 0 Å². The molecule has 28 heavy (non-hydrogen) atoms. The third-order valence-electron chi connectivity index (χ3n) is 5.61. The number of aromatic nitrogens is 4. The highest BCUT2D eigenvalue weighted by Gasteiger charge is 2.29. The zero-order valence-electron chi connectivity index (χ0n) is 16.3. The van der Waals surface area contributed by atoms with E-state index in [4.69, 9.17) is 0 Å². The van der Waals surface area contributed by atoms with Gasteiger partial charge >= 0.3 is 0 Å². The largest absolute Gasteiger partial charge is 0.335 e. The van der Waals surface area contributed by atoms with Crippen molar-refractivity contribution in [1.82, 2.24) is 23.8 Å². The maximum atomic E-state index is 13.2. The molecule has 1 amide bonds. The lowest BCUT2D eigenvalue weighted by Gasteiger charge is -2.36. The molecule has 4 heterocycles. The van der Waals surface area contributed by atoms with Gasteiger partial charge in [0.1, 0.15) is 17.0 Å². The number of imidazole rings is 1. The molecule has 0 aromatic carbocycles. The number of amides is 1. The Morgan fingerprint density at radius 1 is 1.21 bits per heavy atom. The van der Waals surface area contributed by atoms with Crippen LogP contribution in [-0.4, -0.2) is 42.3 Å². The van der Waals surface area contributed by atoms with Crippen molar-refractivity contribution in [2.45, 2.75) is 52.1 Å². The van der Waals surface area contributed by atoms with Crippen molar-refractivity contribution in [2.24, 2.45) is 0 Å². The zero-order valence-corrected chi connectivity index (χ0v) is 16.3. The highest BCUT2D eigenvalue weighted by molar-refractivity contribution is 5.94. The van der Waals surface area contributed by atoms with Crippen molar-refractivity contribution < 1.29 is 4.79 Å². The molecular formula is C21H25N5O2. The molecule has 1 saturated heterocycles. The summed E-state index contributed by atoms with van der Waals surface area (Å²) in [7, 11) is 0. The van der Waals surface area contributed by atoms with Crippen molar-refractivity contribution in [3.05, 3.63) is 64.2 Å². The van der Waals surface area contributed by atoms with Gasteiger partial charge in [0, 0.05) is 43.9 Å². The second-order valence-corrected chi connectivity index (χ2v) is 7.51. The monoisotopic (exact) mass is 379 g/mol. The molecule has 4 rings (SSSR count). The lowest BCUT2D eigenvalue weighted by atomic mass is 9.98. The number of hydrogen-bond acceptors (Lipinski definition) is 4. The molecule has 7 heteroatoms. The van der Waals surface area contributed by atoms with Crippen molar-refractivity contribution in [3.8, 4) is 0 Å². The van der Waals surface area contributed by atoms with Gasteiger partial charge < -0.3 is 9.47 Å². The molecule has 1 atom stereocenters. The van der Waals surface area contributed by atoms with E-state index in [1.54, 1.807) is 12.4 Å². The van der Waals surface area contributed by atoms with Gasteiger partial charge in [-0.25, -0.2) is 9.97 Å². The average Bonchev–Trinajstić information content (AvgIpc) is 3.11. The molecule has 1 unspecified atom stereocenters. The van der Waals surface area contributed by atoms with Crippen molar-refractivity contribution in [3.63, 3.8) is 0 Å². The number of hydrogen-bond donors (Lipinski definition) is 0. The maximum Gasteiger partial charge on any atom is 0.270 e. The molecular weight excluding hydrogens is 354 g/mol. The van der Waals surface area contributed by atoms with Crippen LogP contribution in [0.25, 0.3) is 5.65 Å². The van der Waals surface area contributed by atoms with Crippen LogP contribution in [-0.2, 0) is 6.54 Å². The van der Waals surface area contributed by atoms with E-state index in [2.05, 4.69) is 14.5 Å². The lowest BCUT2D eigenvalue weighted by Crippen LogP contribution is -2.46. The summed E-state index contributed by atoms with van der Waals surface area (Å²) < 4.78 is 3.56. The van der Waals surface area contributed by atoms with Crippen LogP contribution in [0.1, 0.15) is 47.4 Å². The summed E-state index contributed by atoms with van der Waals surface area (Å²) in [5.74, 6) is 0.764. The molecule has 3 aromatic rings. The predicted octanol–water partition coefficient (Wildman–Crippen LogP) is 2.59. The molecule has 0 radical (unpaired) electrons. The number of fused-ring (bicyclic) bond motifs is 1. The second-order valence-electron chi connectivity index (χ2n) is 7.51. The Balaban J connectivity index is 1.59. The van der Waals surface area contributed by atoms with Crippen LogP contribution >= 0.6 is 0 Å². The maximum absolute atomic E-state index is 13.2. The minimum Gasteiger partial charge on any atom is -0.335 e. The number of carbonyl (C=O) groups is 1. The van der Waals surface area contributed by atoms with Crippen LogP contribution in [0.15, 0.2) is 41.7 Å². The van der Waals surface area contributed by atoms with E-state index in [1.165, 1.54) is 10.6 Å². The van der Waals surface area contributed by atoms with Gasteiger partial charge in [0.05, 0.1) is 0 Å². The van der Waals surface area contributed by atoms with E-state index in [9.17, 15) is 9.59 Å². The summed E-state index contributed by atoms with van der Waals surface area (Å²) in [4.78, 5) is 36.6. The summed E-state index contributed by atoms with van der Waals surface area (Å²) in [6.45, 7) is 5.43. The highest BCUT2D eigenvalue weighted by atomic mass is 16.2. The van der Waals surface area contributed by atoms with Gasteiger partial charge in [-0.3, -0.25) is 14.0 Å². The Morgan fingerprint density at radius 3 is 2.86 bits per heavy atom. The number of carbonyl (C=O) groups excluding carboxylic acids is 1. The number of nitrogens with zero attached hydrogens (tertiary/aromatic N) is 5. The van der Waals surface area contributed by atoms with Crippen LogP contribution in [0.3, 0.4) is 0 Å². The fourth-order valence-electron chi connectivity index (χ4n) is 3.97. The standard InChI is InChI=1S/C21H25N5O2/c1-15-6-11-26-19(13-15)23-14-18(21(26)28)20(27)25-9-4-3-5-17(25)7-10-24-12-8-22-16(24)2/h6,8,11-14,17H,3-5,7,9-10H2,1-2H3. The Kier molecular flexibility index (Phi) is 4.98. The summed E-state index contributed by atoms with van der Waals surface area (Å²) in [6, 6.07) is 3.81. The molecule has 0 N–H and O–H groups in total. The summed E-state index contributed by atoms with van der Waals surface area (Å²) in [5.41, 5.74) is 1.43. The van der Waals surface area contributed by atoms with E-state index in [-0.39, 0.29) is 23.1 Å². The molecule has 3 aromatic heterocycles. The third-order valence-corrected chi connectivity index (χ3v) is 5.61. The minimum atomic E-state index is -0.301. The van der Waals surface area contributed by atoms with E-state index < -0.39 is 0 Å². The van der Waals surface area contributed by atoms with Crippen LogP contribution in [0, 0.1) is 13.8 Å². The first-order valence-corrected chi connectivity index (χ1v) is 9.81. The summed E-state index contributed by atoms with van der Waals surface area (Å²) in [5, 5.41) is 0. The smallest absolute Gasteiger partial charge is 0.270 e.